The molecule has 3 heterocycles. The van der Waals surface area contributed by atoms with Crippen molar-refractivity contribution in [1.29, 1.82) is 0 Å². The zero-order chi connectivity index (χ0) is 19.6. The van der Waals surface area contributed by atoms with E-state index in [0.29, 0.717) is 19.7 Å². The number of para-hydroxylation sites is 1. The highest BCUT2D eigenvalue weighted by atomic mass is 19.4. The fourth-order valence-electron chi connectivity index (χ4n) is 4.35. The lowest BCUT2D eigenvalue weighted by atomic mass is 10.0. The first-order chi connectivity index (χ1) is 13.4. The molecule has 1 aromatic heterocycles. The molecule has 4 rings (SSSR count). The molecule has 0 N–H and O–H groups in total. The van der Waals surface area contributed by atoms with Crippen LogP contribution in [0, 0.1) is 0 Å². The molecule has 2 aliphatic heterocycles. The minimum atomic E-state index is -4.07. The number of alkyl halides is 3. The molecule has 0 amide bonds. The SMILES string of the molecule is FC(F)(F)CCCN1CCC2(C1)CN(Cc1ccc3ccccc3n1)CCO2. The molecule has 152 valence electrons. The normalized spacial score (nSPS) is 24.4. The zero-order valence-corrected chi connectivity index (χ0v) is 15.9. The maximum Gasteiger partial charge on any atom is 0.389 e. The fourth-order valence-corrected chi connectivity index (χ4v) is 4.35. The molecule has 4 nitrogen and oxygen atoms in total. The number of hydrogen-bond donors (Lipinski definition) is 0. The Balaban J connectivity index is 1.33. The van der Waals surface area contributed by atoms with Crippen LogP contribution in [0.25, 0.3) is 10.9 Å². The van der Waals surface area contributed by atoms with Gasteiger partial charge < -0.3 is 9.64 Å². The van der Waals surface area contributed by atoms with Crippen LogP contribution in [0.2, 0.25) is 0 Å². The predicted molar refractivity (Wildman–Crippen MR) is 102 cm³/mol. The van der Waals surface area contributed by atoms with Crippen LogP contribution in [0.15, 0.2) is 36.4 Å². The monoisotopic (exact) mass is 393 g/mol. The molecule has 1 atom stereocenters. The standard InChI is InChI=1S/C21H26F3N3O/c22-21(23,24)8-3-10-26-11-9-20(15-26)16-27(12-13-28-20)14-18-7-6-17-4-1-2-5-19(17)25-18/h1-2,4-7H,3,8-16H2. The molecule has 0 saturated carbocycles. The molecule has 1 spiro atoms. The number of benzene rings is 1. The number of likely N-dealkylation sites (tertiary alicyclic amines) is 1. The molecule has 0 aliphatic carbocycles. The van der Waals surface area contributed by atoms with Crippen molar-refractivity contribution in [2.24, 2.45) is 0 Å². The van der Waals surface area contributed by atoms with Gasteiger partial charge in [-0.15, -0.1) is 0 Å². The van der Waals surface area contributed by atoms with Gasteiger partial charge in [0, 0.05) is 44.5 Å². The highest BCUT2D eigenvalue weighted by Crippen LogP contribution is 2.31. The van der Waals surface area contributed by atoms with Crippen molar-refractivity contribution < 1.29 is 17.9 Å². The minimum absolute atomic E-state index is 0.157. The Bertz CT molecular complexity index is 813. The molecule has 7 heteroatoms. The Kier molecular flexibility index (Phi) is 5.58. The summed E-state index contributed by atoms with van der Waals surface area (Å²) < 4.78 is 43.2. The van der Waals surface area contributed by atoms with E-state index < -0.39 is 12.6 Å². The Morgan fingerprint density at radius 1 is 1.04 bits per heavy atom. The predicted octanol–water partition coefficient (Wildman–Crippen LogP) is 3.85. The van der Waals surface area contributed by atoms with Gasteiger partial charge in [-0.1, -0.05) is 24.3 Å². The van der Waals surface area contributed by atoms with Crippen LogP contribution < -0.4 is 0 Å². The van der Waals surface area contributed by atoms with E-state index in [-0.39, 0.29) is 12.0 Å². The lowest BCUT2D eigenvalue weighted by Crippen LogP contribution is -2.53. The third-order valence-electron chi connectivity index (χ3n) is 5.70. The van der Waals surface area contributed by atoms with E-state index in [1.54, 1.807) is 0 Å². The molecule has 2 aromatic rings. The maximum atomic E-state index is 12.4. The van der Waals surface area contributed by atoms with Crippen molar-refractivity contribution in [2.45, 2.75) is 37.6 Å². The van der Waals surface area contributed by atoms with Gasteiger partial charge in [-0.25, -0.2) is 0 Å². The van der Waals surface area contributed by atoms with Crippen LogP contribution in [-0.2, 0) is 11.3 Å². The van der Waals surface area contributed by atoms with Gasteiger partial charge in [0.15, 0.2) is 0 Å². The highest BCUT2D eigenvalue weighted by molar-refractivity contribution is 5.78. The number of pyridine rings is 1. The van der Waals surface area contributed by atoms with Gasteiger partial charge in [0.1, 0.15) is 0 Å². The Labute approximate surface area is 163 Å². The molecule has 2 fully saturated rings. The van der Waals surface area contributed by atoms with E-state index in [0.717, 1.165) is 49.2 Å². The molecule has 2 saturated heterocycles. The number of hydrogen-bond acceptors (Lipinski definition) is 4. The maximum absolute atomic E-state index is 12.4. The second-order valence-corrected chi connectivity index (χ2v) is 7.98. The summed E-state index contributed by atoms with van der Waals surface area (Å²) in [6, 6.07) is 12.3. The van der Waals surface area contributed by atoms with Crippen LogP contribution in [0.3, 0.4) is 0 Å². The highest BCUT2D eigenvalue weighted by Gasteiger charge is 2.42. The molecular formula is C21H26F3N3O. The van der Waals surface area contributed by atoms with Gasteiger partial charge in [0.05, 0.1) is 23.4 Å². The van der Waals surface area contributed by atoms with Gasteiger partial charge in [-0.2, -0.15) is 13.2 Å². The Morgan fingerprint density at radius 3 is 2.71 bits per heavy atom. The van der Waals surface area contributed by atoms with Gasteiger partial charge in [-0.05, 0) is 31.5 Å². The Morgan fingerprint density at radius 2 is 1.86 bits per heavy atom. The summed E-state index contributed by atoms with van der Waals surface area (Å²) in [5, 5.41) is 1.13. The van der Waals surface area contributed by atoms with Gasteiger partial charge in [0.2, 0.25) is 0 Å². The number of morpholine rings is 1. The van der Waals surface area contributed by atoms with E-state index >= 15 is 0 Å². The van der Waals surface area contributed by atoms with Gasteiger partial charge in [0.25, 0.3) is 0 Å². The number of aromatic nitrogens is 1. The van der Waals surface area contributed by atoms with E-state index in [2.05, 4.69) is 28.0 Å². The van der Waals surface area contributed by atoms with Crippen LogP contribution in [-0.4, -0.2) is 65.9 Å². The lowest BCUT2D eigenvalue weighted by Gasteiger charge is -2.40. The van der Waals surface area contributed by atoms with Crippen LogP contribution in [0.1, 0.15) is 25.0 Å². The summed E-state index contributed by atoms with van der Waals surface area (Å²) in [6.45, 7) is 5.08. The first-order valence-corrected chi connectivity index (χ1v) is 9.91. The molecule has 0 bridgehead atoms. The summed E-state index contributed by atoms with van der Waals surface area (Å²) in [5.41, 5.74) is 1.78. The smallest absolute Gasteiger partial charge is 0.371 e. The summed E-state index contributed by atoms with van der Waals surface area (Å²) in [7, 11) is 0. The average Bonchev–Trinajstić information content (AvgIpc) is 3.02. The van der Waals surface area contributed by atoms with Crippen molar-refractivity contribution in [3.63, 3.8) is 0 Å². The van der Waals surface area contributed by atoms with Crippen molar-refractivity contribution >= 4 is 10.9 Å². The number of fused-ring (bicyclic) bond motifs is 1. The van der Waals surface area contributed by atoms with E-state index in [4.69, 9.17) is 9.72 Å². The second kappa shape index (κ2) is 7.97. The van der Waals surface area contributed by atoms with Crippen LogP contribution >= 0.6 is 0 Å². The summed E-state index contributed by atoms with van der Waals surface area (Å²) in [5.74, 6) is 0. The van der Waals surface area contributed by atoms with E-state index in [9.17, 15) is 13.2 Å². The molecule has 1 aromatic carbocycles. The van der Waals surface area contributed by atoms with E-state index in [1.165, 1.54) is 0 Å². The third kappa shape index (κ3) is 4.82. The van der Waals surface area contributed by atoms with Gasteiger partial charge >= 0.3 is 6.18 Å². The molecule has 28 heavy (non-hydrogen) atoms. The topological polar surface area (TPSA) is 28.6 Å². The van der Waals surface area contributed by atoms with Gasteiger partial charge in [-0.3, -0.25) is 9.88 Å². The Hall–Kier alpha value is -1.70. The van der Waals surface area contributed by atoms with Crippen molar-refractivity contribution in [3.8, 4) is 0 Å². The summed E-state index contributed by atoms with van der Waals surface area (Å²) >= 11 is 0. The third-order valence-corrected chi connectivity index (χ3v) is 5.70. The molecule has 2 aliphatic rings. The fraction of sp³-hybridized carbons (Fsp3) is 0.571. The quantitative estimate of drug-likeness (QED) is 0.772. The number of nitrogens with zero attached hydrogens (tertiary/aromatic N) is 3. The first-order valence-electron chi connectivity index (χ1n) is 9.91. The largest absolute Gasteiger partial charge is 0.389 e. The number of halogens is 3. The molecule has 1 unspecified atom stereocenters. The molecule has 0 radical (unpaired) electrons. The van der Waals surface area contributed by atoms with Crippen molar-refractivity contribution in [1.82, 2.24) is 14.8 Å². The first kappa shape index (κ1) is 19.6. The van der Waals surface area contributed by atoms with Crippen LogP contribution in [0.5, 0.6) is 0 Å². The van der Waals surface area contributed by atoms with E-state index in [1.807, 2.05) is 18.2 Å². The lowest BCUT2D eigenvalue weighted by molar-refractivity contribution is -0.136. The van der Waals surface area contributed by atoms with Crippen molar-refractivity contribution in [2.75, 3.05) is 39.3 Å². The van der Waals surface area contributed by atoms with Crippen molar-refractivity contribution in [3.05, 3.63) is 42.1 Å². The second-order valence-electron chi connectivity index (χ2n) is 7.98. The number of rotatable bonds is 5. The van der Waals surface area contributed by atoms with Crippen LogP contribution in [0.4, 0.5) is 13.2 Å². The summed E-state index contributed by atoms with van der Waals surface area (Å²) in [6.07, 6.45) is -3.75. The number of ether oxygens (including phenoxy) is 1. The minimum Gasteiger partial charge on any atom is -0.371 e. The zero-order valence-electron chi connectivity index (χ0n) is 15.9. The summed E-state index contributed by atoms with van der Waals surface area (Å²) in [4.78, 5) is 9.24. The average molecular weight is 393 g/mol. The molecular weight excluding hydrogens is 367 g/mol.